The molecule has 1 aliphatic rings. The molecule has 0 bridgehead atoms. The average Bonchev–Trinajstić information content (AvgIpc) is 3.57. The topological polar surface area (TPSA) is 115 Å². The van der Waals surface area contributed by atoms with E-state index in [1.807, 2.05) is 18.2 Å². The Labute approximate surface area is 214 Å². The van der Waals surface area contributed by atoms with Gasteiger partial charge in [0.2, 0.25) is 5.91 Å². The van der Waals surface area contributed by atoms with E-state index >= 15 is 0 Å². The van der Waals surface area contributed by atoms with Crippen molar-refractivity contribution in [2.75, 3.05) is 18.0 Å². The molecule has 7 nitrogen and oxygen atoms in total. The summed E-state index contributed by atoms with van der Waals surface area (Å²) in [7, 11) is 0. The van der Waals surface area contributed by atoms with Gasteiger partial charge in [-0.25, -0.2) is 4.79 Å². The Hall–Kier alpha value is -4.52. The summed E-state index contributed by atoms with van der Waals surface area (Å²) in [6.07, 6.45) is 5.27. The number of anilines is 1. The van der Waals surface area contributed by atoms with Crippen LogP contribution in [0.15, 0.2) is 85.1 Å². The number of fused-ring (bicyclic) bond motifs is 2. The highest BCUT2D eigenvalue weighted by molar-refractivity contribution is 6.06. The Morgan fingerprint density at radius 1 is 0.865 bits per heavy atom. The highest BCUT2D eigenvalue weighted by atomic mass is 16.4. The molecule has 1 amide bonds. The molecule has 37 heavy (non-hydrogen) atoms. The average molecular weight is 495 g/mol. The third-order valence-corrected chi connectivity index (χ3v) is 7.06. The summed E-state index contributed by atoms with van der Waals surface area (Å²) in [5, 5.41) is 10.5. The Morgan fingerprint density at radius 3 is 2.27 bits per heavy atom. The number of nitrogens with one attached hydrogen (secondary N) is 2. The van der Waals surface area contributed by atoms with Crippen LogP contribution in [0.4, 0.5) is 5.82 Å². The lowest BCUT2D eigenvalue weighted by molar-refractivity contribution is 0.0698. The standard InChI is InChI=1S/C21H23N3O.C9H7NO2/c22-21(25)17-7-4-8-19-18(17)14-20(23-19)24-11-9-16(10-12-24)13-15-5-2-1-3-6-15;11-9(12)7-2-1-3-8-6(7)4-5-10-8/h1-8,14,16,23H,9-13H2,(H2,22,25);1-5,10H,(H,11,12). The minimum absolute atomic E-state index is 0.341. The van der Waals surface area contributed by atoms with Gasteiger partial charge in [0.25, 0.3) is 0 Å². The van der Waals surface area contributed by atoms with Crippen LogP contribution in [0.25, 0.3) is 21.8 Å². The van der Waals surface area contributed by atoms with Crippen LogP contribution in [0.1, 0.15) is 39.1 Å². The number of nitrogens with zero attached hydrogens (tertiary/aromatic N) is 1. The Kier molecular flexibility index (Phi) is 6.94. The molecule has 5 aromatic rings. The van der Waals surface area contributed by atoms with Crippen molar-refractivity contribution in [2.24, 2.45) is 11.7 Å². The van der Waals surface area contributed by atoms with Gasteiger partial charge in [0.15, 0.2) is 0 Å². The zero-order valence-corrected chi connectivity index (χ0v) is 20.5. The number of aromatic carboxylic acids is 1. The number of aromatic nitrogens is 2. The van der Waals surface area contributed by atoms with Crippen molar-refractivity contribution in [3.8, 4) is 0 Å². The van der Waals surface area contributed by atoms with Crippen molar-refractivity contribution in [1.29, 1.82) is 0 Å². The number of hydrogen-bond acceptors (Lipinski definition) is 3. The highest BCUT2D eigenvalue weighted by Crippen LogP contribution is 2.29. The van der Waals surface area contributed by atoms with E-state index in [1.165, 1.54) is 18.4 Å². The van der Waals surface area contributed by atoms with Crippen LogP contribution in [0.2, 0.25) is 0 Å². The number of rotatable bonds is 5. The third kappa shape index (κ3) is 5.35. The van der Waals surface area contributed by atoms with Crippen molar-refractivity contribution >= 4 is 39.5 Å². The van der Waals surface area contributed by atoms with Crippen molar-refractivity contribution in [1.82, 2.24) is 9.97 Å². The molecule has 0 unspecified atom stereocenters. The number of hydrogen-bond donors (Lipinski definition) is 4. The maximum absolute atomic E-state index is 11.6. The second kappa shape index (κ2) is 10.6. The molecule has 1 saturated heterocycles. The summed E-state index contributed by atoms with van der Waals surface area (Å²) in [6, 6.07) is 25.4. The molecule has 1 aliphatic heterocycles. The second-order valence-electron chi connectivity index (χ2n) is 9.46. The number of piperidine rings is 1. The molecule has 0 saturated carbocycles. The number of nitrogens with two attached hydrogens (primary N) is 1. The van der Waals surface area contributed by atoms with Gasteiger partial charge >= 0.3 is 5.97 Å². The maximum atomic E-state index is 11.6. The smallest absolute Gasteiger partial charge is 0.336 e. The first-order valence-electron chi connectivity index (χ1n) is 12.5. The fourth-order valence-electron chi connectivity index (χ4n) is 5.12. The van der Waals surface area contributed by atoms with Gasteiger partial charge in [-0.2, -0.15) is 0 Å². The SMILES string of the molecule is NC(=O)c1cccc2[nH]c(N3CCC(Cc4ccccc4)CC3)cc12.O=C(O)c1cccc2[nH]ccc12. The number of carbonyl (C=O) groups excluding carboxylic acids is 1. The zero-order valence-electron chi connectivity index (χ0n) is 20.5. The predicted molar refractivity (Wildman–Crippen MR) is 147 cm³/mol. The van der Waals surface area contributed by atoms with E-state index in [1.54, 1.807) is 30.5 Å². The number of aromatic amines is 2. The lowest BCUT2D eigenvalue weighted by Gasteiger charge is -2.32. The molecule has 0 spiro atoms. The number of carboxylic acid groups (broad SMARTS) is 1. The fourth-order valence-corrected chi connectivity index (χ4v) is 5.12. The van der Waals surface area contributed by atoms with Gasteiger partial charge in [-0.3, -0.25) is 4.79 Å². The molecule has 5 N–H and O–H groups in total. The first-order chi connectivity index (χ1) is 18.0. The Morgan fingerprint density at radius 2 is 1.57 bits per heavy atom. The molecule has 7 heteroatoms. The van der Waals surface area contributed by atoms with E-state index < -0.39 is 5.97 Å². The van der Waals surface area contributed by atoms with Crippen molar-refractivity contribution in [3.63, 3.8) is 0 Å². The molecule has 2 aromatic heterocycles. The van der Waals surface area contributed by atoms with Crippen molar-refractivity contribution < 1.29 is 14.7 Å². The molecule has 3 aromatic carbocycles. The summed E-state index contributed by atoms with van der Waals surface area (Å²) in [4.78, 5) is 31.1. The second-order valence-corrected chi connectivity index (χ2v) is 9.46. The number of H-pyrrole nitrogens is 2. The number of carboxylic acids is 1. The predicted octanol–water partition coefficient (Wildman–Crippen LogP) is 5.59. The van der Waals surface area contributed by atoms with Crippen LogP contribution in [-0.2, 0) is 6.42 Å². The van der Waals surface area contributed by atoms with Crippen LogP contribution in [0.3, 0.4) is 0 Å². The molecule has 3 heterocycles. The van der Waals surface area contributed by atoms with Crippen molar-refractivity contribution in [3.05, 3.63) is 102 Å². The molecule has 188 valence electrons. The molecule has 0 atom stereocenters. The van der Waals surface area contributed by atoms with E-state index in [4.69, 9.17) is 10.8 Å². The first kappa shape index (κ1) is 24.2. The van der Waals surface area contributed by atoms with Gasteiger partial charge in [-0.05, 0) is 67.1 Å². The van der Waals surface area contributed by atoms with E-state index in [-0.39, 0.29) is 5.91 Å². The minimum Gasteiger partial charge on any atom is -0.478 e. The third-order valence-electron chi connectivity index (χ3n) is 7.06. The summed E-state index contributed by atoms with van der Waals surface area (Å²) in [5.41, 5.74) is 9.67. The number of benzene rings is 3. The Balaban J connectivity index is 0.000000195. The molecular formula is C30H30N4O3. The molecule has 1 fully saturated rings. The maximum Gasteiger partial charge on any atom is 0.336 e. The van der Waals surface area contributed by atoms with Gasteiger partial charge in [0.05, 0.1) is 5.56 Å². The van der Waals surface area contributed by atoms with E-state index in [0.29, 0.717) is 11.1 Å². The highest BCUT2D eigenvalue weighted by Gasteiger charge is 2.21. The van der Waals surface area contributed by atoms with Gasteiger partial charge in [0, 0.05) is 46.7 Å². The van der Waals surface area contributed by atoms with Crippen molar-refractivity contribution in [2.45, 2.75) is 19.3 Å². The first-order valence-corrected chi connectivity index (χ1v) is 12.5. The number of primary amides is 1. The summed E-state index contributed by atoms with van der Waals surface area (Å²) in [6.45, 7) is 2.08. The number of amides is 1. The molecule has 6 rings (SSSR count). The van der Waals surface area contributed by atoms with Gasteiger partial charge < -0.3 is 25.7 Å². The quantitative estimate of drug-likeness (QED) is 0.255. The molecule has 0 aliphatic carbocycles. The summed E-state index contributed by atoms with van der Waals surface area (Å²) in [5.74, 6) is 0.559. The number of carbonyl (C=O) groups is 2. The minimum atomic E-state index is -0.889. The van der Waals surface area contributed by atoms with Gasteiger partial charge in [-0.1, -0.05) is 42.5 Å². The monoisotopic (exact) mass is 494 g/mol. The molecular weight excluding hydrogens is 464 g/mol. The lowest BCUT2D eigenvalue weighted by Crippen LogP contribution is -2.34. The van der Waals surface area contributed by atoms with Gasteiger partial charge in [0.1, 0.15) is 5.82 Å². The zero-order chi connectivity index (χ0) is 25.8. The van der Waals surface area contributed by atoms with Crippen LogP contribution in [0, 0.1) is 5.92 Å². The van der Waals surface area contributed by atoms with Gasteiger partial charge in [-0.15, -0.1) is 0 Å². The fraction of sp³-hybridized carbons (Fsp3) is 0.200. The Bertz CT molecular complexity index is 1530. The van der Waals surface area contributed by atoms with Crippen LogP contribution in [-0.4, -0.2) is 40.0 Å². The largest absolute Gasteiger partial charge is 0.478 e. The van der Waals surface area contributed by atoms with E-state index in [0.717, 1.165) is 53.1 Å². The van der Waals surface area contributed by atoms with E-state index in [2.05, 4.69) is 51.3 Å². The molecule has 0 radical (unpaired) electrons. The lowest BCUT2D eigenvalue weighted by atomic mass is 9.90. The van der Waals surface area contributed by atoms with Crippen LogP contribution < -0.4 is 10.6 Å². The normalized spacial score (nSPS) is 13.9. The van der Waals surface area contributed by atoms with E-state index in [9.17, 15) is 9.59 Å². The van der Waals surface area contributed by atoms with Crippen LogP contribution in [0.5, 0.6) is 0 Å². The summed E-state index contributed by atoms with van der Waals surface area (Å²) < 4.78 is 0. The summed E-state index contributed by atoms with van der Waals surface area (Å²) >= 11 is 0. The van der Waals surface area contributed by atoms with Crippen LogP contribution >= 0.6 is 0 Å².